The van der Waals surface area contributed by atoms with Crippen molar-refractivity contribution in [3.8, 4) is 11.5 Å². The number of ether oxygens (including phenoxy) is 3. The summed E-state index contributed by atoms with van der Waals surface area (Å²) in [7, 11) is 0. The summed E-state index contributed by atoms with van der Waals surface area (Å²) < 4.78 is 16.1. The van der Waals surface area contributed by atoms with E-state index in [9.17, 15) is 9.59 Å². The zero-order chi connectivity index (χ0) is 20.8. The van der Waals surface area contributed by atoms with E-state index in [1.165, 1.54) is 0 Å². The topological polar surface area (TPSA) is 73.9 Å². The van der Waals surface area contributed by atoms with E-state index in [0.29, 0.717) is 18.0 Å². The molecule has 3 unspecified atom stereocenters. The predicted molar refractivity (Wildman–Crippen MR) is 109 cm³/mol. The molecule has 0 saturated carbocycles. The van der Waals surface area contributed by atoms with Crippen LogP contribution in [-0.2, 0) is 20.9 Å². The average Bonchev–Trinajstić information content (AvgIpc) is 3.20. The molecule has 0 fully saturated rings. The molecule has 0 saturated heterocycles. The maximum absolute atomic E-state index is 12.8. The van der Waals surface area contributed by atoms with Gasteiger partial charge in [0.05, 0.1) is 5.92 Å². The number of amides is 1. The van der Waals surface area contributed by atoms with Crippen molar-refractivity contribution in [2.75, 3.05) is 6.79 Å². The molecule has 154 valence electrons. The molecule has 6 heteroatoms. The monoisotopic (exact) mass is 397 g/mol. The van der Waals surface area contributed by atoms with Gasteiger partial charge in [0.25, 0.3) is 5.91 Å². The predicted octanol–water partition coefficient (Wildman–Crippen LogP) is 3.79. The lowest BCUT2D eigenvalue weighted by Crippen LogP contribution is -2.37. The Hall–Kier alpha value is -3.02. The number of fused-ring (bicyclic) bond motifs is 1. The Balaban J connectivity index is 1.58. The van der Waals surface area contributed by atoms with Crippen molar-refractivity contribution in [3.63, 3.8) is 0 Å². The van der Waals surface area contributed by atoms with Crippen LogP contribution in [0.4, 0.5) is 0 Å². The summed E-state index contributed by atoms with van der Waals surface area (Å²) in [6, 6.07) is 15.1. The van der Waals surface area contributed by atoms with Gasteiger partial charge >= 0.3 is 5.97 Å². The van der Waals surface area contributed by atoms with Crippen LogP contribution in [0.5, 0.6) is 11.5 Å². The molecule has 1 N–H and O–H groups in total. The summed E-state index contributed by atoms with van der Waals surface area (Å²) in [4.78, 5) is 25.3. The second kappa shape index (κ2) is 9.45. The Labute approximate surface area is 171 Å². The van der Waals surface area contributed by atoms with Crippen molar-refractivity contribution in [3.05, 3.63) is 59.7 Å². The summed E-state index contributed by atoms with van der Waals surface area (Å²) in [5.41, 5.74) is 1.78. The minimum atomic E-state index is -0.883. The van der Waals surface area contributed by atoms with Gasteiger partial charge in [0.1, 0.15) is 0 Å². The number of benzene rings is 2. The van der Waals surface area contributed by atoms with Crippen LogP contribution in [0.15, 0.2) is 48.5 Å². The van der Waals surface area contributed by atoms with Gasteiger partial charge in [-0.25, -0.2) is 0 Å². The first-order valence-electron chi connectivity index (χ1n) is 9.91. The number of nitrogens with one attached hydrogen (secondary N) is 1. The Morgan fingerprint density at radius 2 is 1.79 bits per heavy atom. The zero-order valence-corrected chi connectivity index (χ0v) is 17.0. The molecule has 1 aliphatic heterocycles. The molecule has 0 spiro atoms. The number of hydrogen-bond donors (Lipinski definition) is 1. The Kier molecular flexibility index (Phi) is 6.75. The smallest absolute Gasteiger partial charge is 0.314 e. The van der Waals surface area contributed by atoms with Crippen molar-refractivity contribution in [2.24, 2.45) is 5.92 Å². The van der Waals surface area contributed by atoms with E-state index in [-0.39, 0.29) is 24.6 Å². The summed E-state index contributed by atoms with van der Waals surface area (Å²) >= 11 is 0. The van der Waals surface area contributed by atoms with E-state index < -0.39 is 12.0 Å². The van der Waals surface area contributed by atoms with Gasteiger partial charge in [0.15, 0.2) is 17.6 Å². The molecule has 3 atom stereocenters. The highest BCUT2D eigenvalue weighted by molar-refractivity contribution is 5.85. The molecule has 1 aliphatic rings. The van der Waals surface area contributed by atoms with E-state index in [2.05, 4.69) is 5.32 Å². The minimum absolute atomic E-state index is 0.105. The third kappa shape index (κ3) is 5.08. The summed E-state index contributed by atoms with van der Waals surface area (Å²) in [6.45, 7) is 6.16. The Morgan fingerprint density at radius 1 is 1.07 bits per heavy atom. The second-order valence-electron chi connectivity index (χ2n) is 7.26. The number of carbonyl (C=O) groups excluding carboxylic acids is 2. The molecule has 0 radical (unpaired) electrons. The quantitative estimate of drug-likeness (QED) is 0.686. The third-order valence-corrected chi connectivity index (χ3v) is 5.19. The van der Waals surface area contributed by atoms with Crippen LogP contribution >= 0.6 is 0 Å². The first kappa shape index (κ1) is 20.7. The zero-order valence-electron chi connectivity index (χ0n) is 17.0. The van der Waals surface area contributed by atoms with Crippen LogP contribution in [0.3, 0.4) is 0 Å². The second-order valence-corrected chi connectivity index (χ2v) is 7.26. The van der Waals surface area contributed by atoms with Gasteiger partial charge in [-0.05, 0) is 36.1 Å². The Bertz CT molecular complexity index is 852. The maximum Gasteiger partial charge on any atom is 0.314 e. The fourth-order valence-electron chi connectivity index (χ4n) is 3.28. The molecular weight excluding hydrogens is 370 g/mol. The molecule has 3 rings (SSSR count). The molecule has 0 bridgehead atoms. The fraction of sp³-hybridized carbons (Fsp3) is 0.391. The largest absolute Gasteiger partial charge is 0.454 e. The summed E-state index contributed by atoms with van der Waals surface area (Å²) in [5, 5.41) is 2.80. The van der Waals surface area contributed by atoms with Gasteiger partial charge in [0.2, 0.25) is 6.79 Å². The van der Waals surface area contributed by atoms with Crippen LogP contribution in [-0.4, -0.2) is 24.8 Å². The molecule has 1 amide bonds. The first-order chi connectivity index (χ1) is 14.0. The van der Waals surface area contributed by atoms with Crippen molar-refractivity contribution in [1.29, 1.82) is 0 Å². The minimum Gasteiger partial charge on any atom is -0.454 e. The van der Waals surface area contributed by atoms with Crippen LogP contribution in [0, 0.1) is 5.92 Å². The van der Waals surface area contributed by atoms with Gasteiger partial charge in [-0.1, -0.05) is 56.7 Å². The lowest BCUT2D eigenvalue weighted by molar-refractivity contribution is -0.157. The molecule has 6 nitrogen and oxygen atoms in total. The molecule has 0 aliphatic carbocycles. The van der Waals surface area contributed by atoms with Crippen molar-refractivity contribution >= 4 is 11.9 Å². The van der Waals surface area contributed by atoms with Crippen LogP contribution in [0.25, 0.3) is 0 Å². The number of rotatable bonds is 8. The van der Waals surface area contributed by atoms with Crippen molar-refractivity contribution < 1.29 is 23.8 Å². The van der Waals surface area contributed by atoms with Gasteiger partial charge in [-0.3, -0.25) is 9.59 Å². The lowest BCUT2D eigenvalue weighted by Gasteiger charge is -2.24. The van der Waals surface area contributed by atoms with Gasteiger partial charge in [-0.2, -0.15) is 0 Å². The van der Waals surface area contributed by atoms with Crippen LogP contribution < -0.4 is 14.8 Å². The lowest BCUT2D eigenvalue weighted by atomic mass is 9.85. The Morgan fingerprint density at radius 3 is 2.52 bits per heavy atom. The molecule has 1 heterocycles. The van der Waals surface area contributed by atoms with E-state index >= 15 is 0 Å². The number of esters is 1. The number of carbonyl (C=O) groups is 2. The normalized spacial score (nSPS) is 15.3. The third-order valence-electron chi connectivity index (χ3n) is 5.19. The maximum atomic E-state index is 12.8. The van der Waals surface area contributed by atoms with Crippen LogP contribution in [0.2, 0.25) is 0 Å². The van der Waals surface area contributed by atoms with Gasteiger partial charge in [-0.15, -0.1) is 0 Å². The molecule has 0 aromatic heterocycles. The van der Waals surface area contributed by atoms with E-state index in [0.717, 1.165) is 17.5 Å². The molecular formula is C23H27NO5. The van der Waals surface area contributed by atoms with Crippen LogP contribution in [0.1, 0.15) is 44.2 Å². The first-order valence-corrected chi connectivity index (χ1v) is 9.91. The molecule has 2 aromatic rings. The van der Waals surface area contributed by atoms with E-state index in [1.54, 1.807) is 6.92 Å². The van der Waals surface area contributed by atoms with E-state index in [1.807, 2.05) is 62.4 Å². The van der Waals surface area contributed by atoms with Crippen molar-refractivity contribution in [2.45, 2.75) is 45.8 Å². The van der Waals surface area contributed by atoms with Crippen molar-refractivity contribution in [1.82, 2.24) is 5.32 Å². The van der Waals surface area contributed by atoms with E-state index in [4.69, 9.17) is 14.2 Å². The number of hydrogen-bond acceptors (Lipinski definition) is 5. The SMILES string of the molecule is CCC(C)C(C(=O)OC(C)C(=O)NCc1ccc2c(c1)OCO2)c1ccccc1. The summed E-state index contributed by atoms with van der Waals surface area (Å²) in [5.74, 6) is 0.345. The average molecular weight is 397 g/mol. The highest BCUT2D eigenvalue weighted by atomic mass is 16.7. The van der Waals surface area contributed by atoms with Gasteiger partial charge in [0, 0.05) is 6.54 Å². The standard InChI is InChI=1S/C23H27NO5/c1-4-15(2)21(18-8-6-5-7-9-18)23(26)29-16(3)22(25)24-13-17-10-11-19-20(12-17)28-14-27-19/h5-12,15-16,21H,4,13-14H2,1-3H3,(H,24,25). The molecule has 29 heavy (non-hydrogen) atoms. The molecule has 2 aromatic carbocycles. The van der Waals surface area contributed by atoms with Gasteiger partial charge < -0.3 is 19.5 Å². The summed E-state index contributed by atoms with van der Waals surface area (Å²) in [6.07, 6.45) is -0.0499. The fourth-order valence-corrected chi connectivity index (χ4v) is 3.28. The highest BCUT2D eigenvalue weighted by Gasteiger charge is 2.30. The highest BCUT2D eigenvalue weighted by Crippen LogP contribution is 2.32.